The third-order valence-electron chi connectivity index (χ3n) is 4.51. The Morgan fingerprint density at radius 2 is 1.89 bits per heavy atom. The molecule has 0 bridgehead atoms. The molecule has 7 heteroatoms. The number of thioether (sulfide) groups is 1. The number of aryl methyl sites for hydroxylation is 1. The van der Waals surface area contributed by atoms with Crippen molar-refractivity contribution >= 4 is 40.0 Å². The van der Waals surface area contributed by atoms with Gasteiger partial charge in [0.2, 0.25) is 0 Å². The van der Waals surface area contributed by atoms with Crippen LogP contribution in [0.25, 0.3) is 10.9 Å². The van der Waals surface area contributed by atoms with E-state index in [1.165, 1.54) is 18.7 Å². The van der Waals surface area contributed by atoms with E-state index in [2.05, 4.69) is 20.3 Å². The molecule has 0 aliphatic rings. The van der Waals surface area contributed by atoms with Crippen LogP contribution >= 0.6 is 11.8 Å². The number of aromatic nitrogens is 3. The zero-order valence-corrected chi connectivity index (χ0v) is 16.8. The van der Waals surface area contributed by atoms with E-state index in [1.807, 2.05) is 45.2 Å². The maximum absolute atomic E-state index is 12.9. The van der Waals surface area contributed by atoms with E-state index < -0.39 is 5.25 Å². The number of fused-ring (bicyclic) bond motifs is 1. The lowest BCUT2D eigenvalue weighted by molar-refractivity contribution is 0.0988. The number of carbonyl (C=O) groups is 2. The first-order valence-electron chi connectivity index (χ1n) is 8.69. The summed E-state index contributed by atoms with van der Waals surface area (Å²) in [6, 6.07) is 7.74. The van der Waals surface area contributed by atoms with Gasteiger partial charge in [-0.05, 0) is 45.4 Å². The first-order valence-corrected chi connectivity index (χ1v) is 9.57. The molecule has 0 saturated heterocycles. The number of anilines is 1. The molecule has 27 heavy (non-hydrogen) atoms. The molecule has 2 N–H and O–H groups in total. The summed E-state index contributed by atoms with van der Waals surface area (Å²) in [4.78, 5) is 36.9. The van der Waals surface area contributed by atoms with Crippen LogP contribution in [0.3, 0.4) is 0 Å². The minimum atomic E-state index is -0.396. The second-order valence-electron chi connectivity index (χ2n) is 6.43. The Morgan fingerprint density at radius 1 is 1.19 bits per heavy atom. The molecule has 0 fully saturated rings. The topological polar surface area (TPSA) is 87.7 Å². The molecule has 0 radical (unpaired) electrons. The number of benzene rings is 1. The van der Waals surface area contributed by atoms with Gasteiger partial charge in [0.1, 0.15) is 5.82 Å². The van der Waals surface area contributed by atoms with Crippen molar-refractivity contribution in [3.05, 3.63) is 46.8 Å². The monoisotopic (exact) mass is 382 g/mol. The van der Waals surface area contributed by atoms with Gasteiger partial charge < -0.3 is 10.3 Å². The summed E-state index contributed by atoms with van der Waals surface area (Å²) in [5.41, 5.74) is 3.32. The Kier molecular flexibility index (Phi) is 5.32. The van der Waals surface area contributed by atoms with E-state index in [0.29, 0.717) is 22.0 Å². The third-order valence-corrected chi connectivity index (χ3v) is 5.47. The fourth-order valence-electron chi connectivity index (χ4n) is 3.24. The number of rotatable bonds is 6. The summed E-state index contributed by atoms with van der Waals surface area (Å²) in [5.74, 6) is 0.613. The van der Waals surface area contributed by atoms with Crippen molar-refractivity contribution in [1.29, 1.82) is 0 Å². The molecule has 0 aliphatic heterocycles. The summed E-state index contributed by atoms with van der Waals surface area (Å²) in [7, 11) is 1.81. The summed E-state index contributed by atoms with van der Waals surface area (Å²) in [5, 5.41) is 4.16. The van der Waals surface area contributed by atoms with E-state index in [-0.39, 0.29) is 11.6 Å². The zero-order chi connectivity index (χ0) is 19.7. The van der Waals surface area contributed by atoms with Gasteiger partial charge >= 0.3 is 0 Å². The highest BCUT2D eigenvalue weighted by atomic mass is 32.2. The molecular weight excluding hydrogens is 360 g/mol. The van der Waals surface area contributed by atoms with Gasteiger partial charge in [-0.3, -0.25) is 9.59 Å². The number of hydrogen-bond donors (Lipinski definition) is 2. The van der Waals surface area contributed by atoms with Crippen LogP contribution in [0.1, 0.15) is 46.0 Å². The number of ketones is 2. The minimum Gasteiger partial charge on any atom is -0.372 e. The first kappa shape index (κ1) is 19.1. The molecule has 3 aromatic rings. The summed E-state index contributed by atoms with van der Waals surface area (Å²) in [6.45, 7) is 6.95. The lowest BCUT2D eigenvalue weighted by atomic mass is 10.0. The number of para-hydroxylation sites is 1. The highest BCUT2D eigenvalue weighted by Gasteiger charge is 2.25. The fraction of sp³-hybridized carbons (Fsp3) is 0.300. The van der Waals surface area contributed by atoms with Crippen molar-refractivity contribution < 1.29 is 9.59 Å². The standard InChI is InChI=1S/C20H22N4O2S/c1-10-16(12(3)25)11(2)22-17(10)18(26)13(4)27-20-23-15-9-7-6-8-14(15)19(21-5)24-20/h6-9,13,22H,1-5H3,(H,21,23,24)/t13-/m1/s1. The van der Waals surface area contributed by atoms with Crippen LogP contribution < -0.4 is 5.32 Å². The Bertz CT molecular complexity index is 1040. The van der Waals surface area contributed by atoms with Gasteiger partial charge in [0.15, 0.2) is 16.7 Å². The molecule has 3 rings (SSSR count). The molecule has 0 spiro atoms. The largest absolute Gasteiger partial charge is 0.372 e. The molecular formula is C20H22N4O2S. The molecule has 6 nitrogen and oxygen atoms in total. The van der Waals surface area contributed by atoms with E-state index in [0.717, 1.165) is 22.4 Å². The van der Waals surface area contributed by atoms with Gasteiger partial charge in [0.05, 0.1) is 16.5 Å². The van der Waals surface area contributed by atoms with Crippen molar-refractivity contribution in [2.24, 2.45) is 0 Å². The molecule has 140 valence electrons. The summed E-state index contributed by atoms with van der Waals surface area (Å²) >= 11 is 1.31. The molecule has 1 aromatic carbocycles. The van der Waals surface area contributed by atoms with Gasteiger partial charge in [0.25, 0.3) is 0 Å². The molecule has 0 unspecified atom stereocenters. The van der Waals surface area contributed by atoms with Crippen LogP contribution in [0.5, 0.6) is 0 Å². The summed E-state index contributed by atoms with van der Waals surface area (Å²) < 4.78 is 0. The predicted molar refractivity (Wildman–Crippen MR) is 109 cm³/mol. The second-order valence-corrected chi connectivity index (χ2v) is 7.74. The summed E-state index contributed by atoms with van der Waals surface area (Å²) in [6.07, 6.45) is 0. The molecule has 1 atom stereocenters. The number of aromatic amines is 1. The Balaban J connectivity index is 1.90. The average molecular weight is 382 g/mol. The number of nitrogens with zero attached hydrogens (tertiary/aromatic N) is 2. The van der Waals surface area contributed by atoms with E-state index in [4.69, 9.17) is 0 Å². The first-order chi connectivity index (χ1) is 12.8. The zero-order valence-electron chi connectivity index (χ0n) is 16.0. The molecule has 2 aromatic heterocycles. The van der Waals surface area contributed by atoms with Crippen molar-refractivity contribution in [2.45, 2.75) is 38.1 Å². The number of Topliss-reactive ketones (excluding diaryl/α,β-unsaturated/α-hetero) is 2. The maximum Gasteiger partial charge on any atom is 0.192 e. The van der Waals surface area contributed by atoms with Crippen molar-refractivity contribution in [2.75, 3.05) is 12.4 Å². The third kappa shape index (κ3) is 3.60. The van der Waals surface area contributed by atoms with E-state index >= 15 is 0 Å². The second kappa shape index (κ2) is 7.52. The van der Waals surface area contributed by atoms with E-state index in [1.54, 1.807) is 6.92 Å². The van der Waals surface area contributed by atoms with E-state index in [9.17, 15) is 9.59 Å². The average Bonchev–Trinajstić information content (AvgIpc) is 2.94. The lowest BCUT2D eigenvalue weighted by Gasteiger charge is -2.11. The van der Waals surface area contributed by atoms with Gasteiger partial charge in [0, 0.05) is 23.7 Å². The Labute approximate surface area is 162 Å². The van der Waals surface area contributed by atoms with Crippen LogP contribution in [-0.2, 0) is 0 Å². The number of hydrogen-bond acceptors (Lipinski definition) is 6. The van der Waals surface area contributed by atoms with Crippen LogP contribution in [0, 0.1) is 13.8 Å². The molecule has 0 saturated carbocycles. The van der Waals surface area contributed by atoms with Crippen LogP contribution in [0.4, 0.5) is 5.82 Å². The number of carbonyl (C=O) groups excluding carboxylic acids is 2. The Hall–Kier alpha value is -2.67. The maximum atomic E-state index is 12.9. The van der Waals surface area contributed by atoms with Gasteiger partial charge in [-0.15, -0.1) is 0 Å². The number of nitrogens with one attached hydrogen (secondary N) is 2. The quantitative estimate of drug-likeness (QED) is 0.378. The molecule has 0 amide bonds. The SMILES string of the molecule is CNc1nc(S[C@H](C)C(=O)c2[nH]c(C)c(C(C)=O)c2C)nc2ccccc12. The van der Waals surface area contributed by atoms with Gasteiger partial charge in [-0.2, -0.15) is 0 Å². The molecule has 2 heterocycles. The van der Waals surface area contributed by atoms with Gasteiger partial charge in [-0.1, -0.05) is 23.9 Å². The van der Waals surface area contributed by atoms with Crippen LogP contribution in [-0.4, -0.2) is 38.8 Å². The Morgan fingerprint density at radius 3 is 2.52 bits per heavy atom. The van der Waals surface area contributed by atoms with Crippen molar-refractivity contribution in [3.8, 4) is 0 Å². The smallest absolute Gasteiger partial charge is 0.192 e. The fourth-order valence-corrected chi connectivity index (χ4v) is 4.07. The van der Waals surface area contributed by atoms with Crippen LogP contribution in [0.15, 0.2) is 29.4 Å². The number of H-pyrrole nitrogens is 1. The molecule has 0 aliphatic carbocycles. The van der Waals surface area contributed by atoms with Gasteiger partial charge in [-0.25, -0.2) is 9.97 Å². The minimum absolute atomic E-state index is 0.0443. The highest BCUT2D eigenvalue weighted by Crippen LogP contribution is 2.29. The highest BCUT2D eigenvalue weighted by molar-refractivity contribution is 8.00. The van der Waals surface area contributed by atoms with Crippen molar-refractivity contribution in [1.82, 2.24) is 15.0 Å². The van der Waals surface area contributed by atoms with Crippen molar-refractivity contribution in [3.63, 3.8) is 0 Å². The predicted octanol–water partition coefficient (Wildman–Crippen LogP) is 4.18. The lowest BCUT2D eigenvalue weighted by Crippen LogP contribution is -2.16. The van der Waals surface area contributed by atoms with Crippen LogP contribution in [0.2, 0.25) is 0 Å². The normalized spacial score (nSPS) is 12.2.